The van der Waals surface area contributed by atoms with Gasteiger partial charge in [0, 0.05) is 31.3 Å². The Morgan fingerprint density at radius 3 is 2.31 bits per heavy atom. The van der Waals surface area contributed by atoms with Crippen LogP contribution in [0.15, 0.2) is 24.3 Å². The highest BCUT2D eigenvalue weighted by Crippen LogP contribution is 2.04. The number of carbonyl (C=O) groups is 2. The molecule has 0 saturated heterocycles. The van der Waals surface area contributed by atoms with Gasteiger partial charge in [-0.2, -0.15) is 0 Å². The normalized spacial score (nSPS) is 11.4. The maximum Gasteiger partial charge on any atom is 0.315 e. The molecule has 0 radical (unpaired) electrons. The first-order valence-corrected chi connectivity index (χ1v) is 8.71. The molecule has 0 unspecified atom stereocenters. The van der Waals surface area contributed by atoms with Crippen LogP contribution in [0.25, 0.3) is 0 Å². The first-order valence-electron chi connectivity index (χ1n) is 8.31. The molecule has 0 fully saturated rings. The standard InChI is InChI=1S/C17H27N5O3S/c1-11(2)19-16(24)18-9-13-5-7-14(8-6-13)15(23)21-22-17(26)20-12(3)10-25-4/h5-8,11-12H,9-10H2,1-4H3,(H,21,23)(H2,18,19,24)(H2,20,22,26)/t12-/m1/s1. The third-order valence-corrected chi connectivity index (χ3v) is 3.39. The molecule has 0 heterocycles. The fraction of sp³-hybridized carbons (Fsp3) is 0.471. The summed E-state index contributed by atoms with van der Waals surface area (Å²) in [5.74, 6) is -0.314. The van der Waals surface area contributed by atoms with Crippen molar-refractivity contribution in [2.75, 3.05) is 13.7 Å². The minimum absolute atomic E-state index is 0.0246. The van der Waals surface area contributed by atoms with Crippen molar-refractivity contribution >= 4 is 29.3 Å². The van der Waals surface area contributed by atoms with E-state index in [1.165, 1.54) is 0 Å². The third-order valence-electron chi connectivity index (χ3n) is 3.17. The van der Waals surface area contributed by atoms with Gasteiger partial charge in [-0.25, -0.2) is 4.79 Å². The molecule has 26 heavy (non-hydrogen) atoms. The lowest BCUT2D eigenvalue weighted by Gasteiger charge is -2.16. The fourth-order valence-electron chi connectivity index (χ4n) is 2.01. The van der Waals surface area contributed by atoms with Crippen molar-refractivity contribution in [3.05, 3.63) is 35.4 Å². The van der Waals surface area contributed by atoms with Crippen LogP contribution < -0.4 is 26.8 Å². The van der Waals surface area contributed by atoms with Gasteiger partial charge in [-0.1, -0.05) is 12.1 Å². The molecule has 0 aliphatic heterocycles. The Kier molecular flexibility index (Phi) is 9.38. The van der Waals surface area contributed by atoms with Gasteiger partial charge >= 0.3 is 6.03 Å². The van der Waals surface area contributed by atoms with E-state index >= 15 is 0 Å². The van der Waals surface area contributed by atoms with Gasteiger partial charge in [-0.3, -0.25) is 15.6 Å². The molecule has 0 aromatic heterocycles. The van der Waals surface area contributed by atoms with Gasteiger partial charge in [0.05, 0.1) is 6.61 Å². The summed E-state index contributed by atoms with van der Waals surface area (Å²) >= 11 is 5.08. The molecule has 3 amide bonds. The number of hydrogen-bond acceptors (Lipinski definition) is 4. The number of rotatable bonds is 7. The van der Waals surface area contributed by atoms with Crippen LogP contribution in [0.2, 0.25) is 0 Å². The number of nitrogens with one attached hydrogen (secondary N) is 5. The summed E-state index contributed by atoms with van der Waals surface area (Å²) in [4.78, 5) is 23.6. The molecule has 8 nitrogen and oxygen atoms in total. The zero-order valence-corrected chi connectivity index (χ0v) is 16.3. The van der Waals surface area contributed by atoms with Crippen molar-refractivity contribution < 1.29 is 14.3 Å². The molecule has 0 saturated carbocycles. The van der Waals surface area contributed by atoms with Crippen LogP contribution in [0, 0.1) is 0 Å². The highest BCUT2D eigenvalue weighted by molar-refractivity contribution is 7.80. The largest absolute Gasteiger partial charge is 0.383 e. The summed E-state index contributed by atoms with van der Waals surface area (Å²) < 4.78 is 5.00. The second-order valence-corrected chi connectivity index (χ2v) is 6.50. The van der Waals surface area contributed by atoms with E-state index in [-0.39, 0.29) is 24.0 Å². The maximum absolute atomic E-state index is 12.1. The number of thiocarbonyl (C=S) groups is 1. The highest BCUT2D eigenvalue weighted by Gasteiger charge is 2.08. The molecule has 0 aliphatic rings. The van der Waals surface area contributed by atoms with Gasteiger partial charge in [-0.05, 0) is 50.7 Å². The Hall–Kier alpha value is -2.39. The predicted octanol–water partition coefficient (Wildman–Crippen LogP) is 1.04. The SMILES string of the molecule is COC[C@@H](C)NC(=S)NNC(=O)c1ccc(CNC(=O)NC(C)C)cc1. The molecule has 1 aromatic carbocycles. The van der Waals surface area contributed by atoms with E-state index in [9.17, 15) is 9.59 Å². The van der Waals surface area contributed by atoms with Crippen LogP contribution in [0.4, 0.5) is 4.79 Å². The summed E-state index contributed by atoms with van der Waals surface area (Å²) in [6, 6.07) is 6.79. The number of amides is 3. The van der Waals surface area contributed by atoms with E-state index in [0.717, 1.165) is 5.56 Å². The minimum Gasteiger partial charge on any atom is -0.383 e. The molecule has 5 N–H and O–H groups in total. The average molecular weight is 382 g/mol. The van der Waals surface area contributed by atoms with E-state index < -0.39 is 0 Å². The van der Waals surface area contributed by atoms with E-state index in [1.54, 1.807) is 31.4 Å². The first kappa shape index (κ1) is 21.7. The van der Waals surface area contributed by atoms with Crippen LogP contribution >= 0.6 is 12.2 Å². The number of carbonyl (C=O) groups excluding carboxylic acids is 2. The lowest BCUT2D eigenvalue weighted by Crippen LogP contribution is -2.49. The zero-order valence-electron chi connectivity index (χ0n) is 15.5. The first-order chi connectivity index (χ1) is 12.3. The number of hydrazine groups is 1. The van der Waals surface area contributed by atoms with Crippen LogP contribution in [0.3, 0.4) is 0 Å². The van der Waals surface area contributed by atoms with Crippen molar-refractivity contribution in [1.82, 2.24) is 26.8 Å². The summed E-state index contributed by atoms with van der Waals surface area (Å²) in [5, 5.41) is 8.77. The Morgan fingerprint density at radius 1 is 1.08 bits per heavy atom. The molecule has 1 aromatic rings. The number of ether oxygens (including phenoxy) is 1. The van der Waals surface area contributed by atoms with Gasteiger partial charge in [0.2, 0.25) is 0 Å². The number of hydrogen-bond donors (Lipinski definition) is 5. The van der Waals surface area contributed by atoms with E-state index in [4.69, 9.17) is 17.0 Å². The van der Waals surface area contributed by atoms with Crippen LogP contribution in [0.1, 0.15) is 36.7 Å². The molecular weight excluding hydrogens is 354 g/mol. The van der Waals surface area contributed by atoms with Crippen molar-refractivity contribution in [3.8, 4) is 0 Å². The number of urea groups is 1. The molecule has 0 spiro atoms. The lowest BCUT2D eigenvalue weighted by molar-refractivity contribution is 0.0943. The number of benzene rings is 1. The molecule has 0 bridgehead atoms. The molecule has 1 rings (SSSR count). The van der Waals surface area contributed by atoms with Gasteiger partial charge in [0.1, 0.15) is 0 Å². The Balaban J connectivity index is 2.41. The van der Waals surface area contributed by atoms with Crippen molar-refractivity contribution in [2.24, 2.45) is 0 Å². The Morgan fingerprint density at radius 2 is 1.73 bits per heavy atom. The topological polar surface area (TPSA) is 104 Å². The average Bonchev–Trinajstić information content (AvgIpc) is 2.58. The van der Waals surface area contributed by atoms with E-state index in [0.29, 0.717) is 23.8 Å². The summed E-state index contributed by atoms with van der Waals surface area (Å²) in [6.07, 6.45) is 0. The minimum atomic E-state index is -0.314. The second-order valence-electron chi connectivity index (χ2n) is 6.09. The molecule has 144 valence electrons. The summed E-state index contributed by atoms with van der Waals surface area (Å²) in [7, 11) is 1.60. The highest BCUT2D eigenvalue weighted by atomic mass is 32.1. The zero-order chi connectivity index (χ0) is 19.5. The van der Waals surface area contributed by atoms with Gasteiger partial charge in [-0.15, -0.1) is 0 Å². The van der Waals surface area contributed by atoms with Crippen molar-refractivity contribution in [1.29, 1.82) is 0 Å². The Labute approximate surface area is 159 Å². The second kappa shape index (κ2) is 11.3. The van der Waals surface area contributed by atoms with Crippen LogP contribution in [-0.2, 0) is 11.3 Å². The Bertz CT molecular complexity index is 607. The summed E-state index contributed by atoms with van der Waals surface area (Å²) in [6.45, 7) is 6.57. The predicted molar refractivity (Wildman–Crippen MR) is 105 cm³/mol. The number of methoxy groups -OCH3 is 1. The molecular formula is C17H27N5O3S. The van der Waals surface area contributed by atoms with Crippen molar-refractivity contribution in [2.45, 2.75) is 39.4 Å². The maximum atomic E-state index is 12.1. The molecule has 9 heteroatoms. The lowest BCUT2D eigenvalue weighted by atomic mass is 10.1. The van der Waals surface area contributed by atoms with E-state index in [1.807, 2.05) is 20.8 Å². The van der Waals surface area contributed by atoms with Crippen molar-refractivity contribution in [3.63, 3.8) is 0 Å². The molecule has 1 atom stereocenters. The van der Waals surface area contributed by atoms with Crippen LogP contribution in [0.5, 0.6) is 0 Å². The molecule has 0 aliphatic carbocycles. The van der Waals surface area contributed by atoms with Crippen LogP contribution in [-0.4, -0.2) is 42.9 Å². The fourth-order valence-corrected chi connectivity index (χ4v) is 2.26. The van der Waals surface area contributed by atoms with E-state index in [2.05, 4.69) is 26.8 Å². The van der Waals surface area contributed by atoms with Gasteiger partial charge in [0.25, 0.3) is 5.91 Å². The quantitative estimate of drug-likeness (QED) is 0.357. The third kappa shape index (κ3) is 8.63. The van der Waals surface area contributed by atoms with Gasteiger partial charge < -0.3 is 20.7 Å². The smallest absolute Gasteiger partial charge is 0.315 e. The summed E-state index contributed by atoms with van der Waals surface area (Å²) in [5.41, 5.74) is 6.53. The monoisotopic (exact) mass is 381 g/mol. The van der Waals surface area contributed by atoms with Gasteiger partial charge in [0.15, 0.2) is 5.11 Å².